The second-order valence-corrected chi connectivity index (χ2v) is 7.67. The molecule has 0 saturated heterocycles. The molecule has 7 nitrogen and oxygen atoms in total. The summed E-state index contributed by atoms with van der Waals surface area (Å²) in [6.45, 7) is 4.47. The number of halogens is 1. The van der Waals surface area contributed by atoms with Crippen molar-refractivity contribution >= 4 is 45.1 Å². The molecule has 2 aromatic rings. The monoisotopic (exact) mass is 493 g/mol. The third-order valence-electron chi connectivity index (χ3n) is 3.87. The SMILES string of the molecule is CCCCOc1ccc(C(=O)NC(=S)NNC(=O)COc2ccc(C)cc2Br)cc1. The van der Waals surface area contributed by atoms with Gasteiger partial charge in [0.25, 0.3) is 11.8 Å². The molecule has 2 amide bonds. The Bertz CT molecular complexity index is 890. The maximum atomic E-state index is 12.2. The van der Waals surface area contributed by atoms with E-state index in [4.69, 9.17) is 21.7 Å². The molecule has 2 rings (SSSR count). The molecule has 30 heavy (non-hydrogen) atoms. The molecule has 0 unspecified atom stereocenters. The third kappa shape index (κ3) is 8.00. The molecule has 3 N–H and O–H groups in total. The molecule has 0 atom stereocenters. The van der Waals surface area contributed by atoms with E-state index in [0.717, 1.165) is 22.9 Å². The summed E-state index contributed by atoms with van der Waals surface area (Å²) in [5.74, 6) is 0.399. The Hall–Kier alpha value is -2.65. The zero-order valence-electron chi connectivity index (χ0n) is 16.8. The number of aryl methyl sites for hydroxylation is 1. The van der Waals surface area contributed by atoms with Crippen LogP contribution in [0.15, 0.2) is 46.9 Å². The van der Waals surface area contributed by atoms with Crippen molar-refractivity contribution in [3.05, 3.63) is 58.1 Å². The minimum absolute atomic E-state index is 0.0341. The number of carbonyl (C=O) groups excluding carboxylic acids is 2. The van der Waals surface area contributed by atoms with E-state index in [1.807, 2.05) is 19.1 Å². The summed E-state index contributed by atoms with van der Waals surface area (Å²) in [6.07, 6.45) is 2.03. The lowest BCUT2D eigenvalue weighted by Crippen LogP contribution is -2.49. The maximum Gasteiger partial charge on any atom is 0.276 e. The van der Waals surface area contributed by atoms with Crippen molar-refractivity contribution in [1.29, 1.82) is 0 Å². The van der Waals surface area contributed by atoms with Gasteiger partial charge in [0, 0.05) is 5.56 Å². The number of nitrogens with one attached hydrogen (secondary N) is 3. The molecule has 0 spiro atoms. The first-order valence-corrected chi connectivity index (χ1v) is 10.6. The average molecular weight is 494 g/mol. The maximum absolute atomic E-state index is 12.2. The molecule has 9 heteroatoms. The first-order chi connectivity index (χ1) is 14.4. The first kappa shape index (κ1) is 23.6. The topological polar surface area (TPSA) is 88.7 Å². The van der Waals surface area contributed by atoms with Crippen molar-refractivity contribution in [2.24, 2.45) is 0 Å². The third-order valence-corrected chi connectivity index (χ3v) is 4.70. The van der Waals surface area contributed by atoms with Crippen molar-refractivity contribution in [3.63, 3.8) is 0 Å². The fourth-order valence-corrected chi connectivity index (χ4v) is 3.02. The van der Waals surface area contributed by atoms with Gasteiger partial charge in [-0.25, -0.2) is 0 Å². The molecule has 0 bridgehead atoms. The van der Waals surface area contributed by atoms with Crippen LogP contribution < -0.4 is 25.6 Å². The van der Waals surface area contributed by atoms with Gasteiger partial charge in [-0.2, -0.15) is 0 Å². The minimum Gasteiger partial charge on any atom is -0.494 e. The molecule has 0 aliphatic heterocycles. The first-order valence-electron chi connectivity index (χ1n) is 9.41. The Morgan fingerprint density at radius 3 is 2.47 bits per heavy atom. The molecule has 0 aliphatic carbocycles. The van der Waals surface area contributed by atoms with Gasteiger partial charge in [0.2, 0.25) is 0 Å². The molecule has 160 valence electrons. The molecular formula is C21H24BrN3O4S. The van der Waals surface area contributed by atoms with Crippen LogP contribution in [0, 0.1) is 6.92 Å². The van der Waals surface area contributed by atoms with Crippen LogP contribution in [-0.2, 0) is 4.79 Å². The van der Waals surface area contributed by atoms with Crippen LogP contribution in [0.1, 0.15) is 35.7 Å². The summed E-state index contributed by atoms with van der Waals surface area (Å²) in [6, 6.07) is 12.3. The molecule has 0 aromatic heterocycles. The van der Waals surface area contributed by atoms with E-state index in [2.05, 4.69) is 39.0 Å². The van der Waals surface area contributed by atoms with Crippen LogP contribution in [-0.4, -0.2) is 30.1 Å². The van der Waals surface area contributed by atoms with E-state index in [9.17, 15) is 9.59 Å². The van der Waals surface area contributed by atoms with Crippen LogP contribution in [0.4, 0.5) is 0 Å². The highest BCUT2D eigenvalue weighted by molar-refractivity contribution is 9.10. The van der Waals surface area contributed by atoms with E-state index in [1.54, 1.807) is 30.3 Å². The molecule has 2 aromatic carbocycles. The summed E-state index contributed by atoms with van der Waals surface area (Å²) < 4.78 is 11.8. The second-order valence-electron chi connectivity index (χ2n) is 6.41. The number of hydrogen-bond donors (Lipinski definition) is 3. The van der Waals surface area contributed by atoms with Gasteiger partial charge in [0.05, 0.1) is 11.1 Å². The Balaban J connectivity index is 1.72. The van der Waals surface area contributed by atoms with Crippen LogP contribution in [0.25, 0.3) is 0 Å². The fraction of sp³-hybridized carbons (Fsp3) is 0.286. The fourth-order valence-electron chi connectivity index (χ4n) is 2.27. The highest BCUT2D eigenvalue weighted by atomic mass is 79.9. The molecule has 0 aliphatic rings. The Labute approximate surface area is 189 Å². The predicted octanol–water partition coefficient (Wildman–Crippen LogP) is 3.65. The zero-order valence-corrected chi connectivity index (χ0v) is 19.2. The Morgan fingerprint density at radius 1 is 1.07 bits per heavy atom. The van der Waals surface area contributed by atoms with E-state index in [0.29, 0.717) is 23.7 Å². The van der Waals surface area contributed by atoms with Crippen LogP contribution >= 0.6 is 28.1 Å². The van der Waals surface area contributed by atoms with E-state index in [1.165, 1.54) is 0 Å². The van der Waals surface area contributed by atoms with Gasteiger partial charge in [-0.1, -0.05) is 19.4 Å². The number of amides is 2. The summed E-state index contributed by atoms with van der Waals surface area (Å²) in [7, 11) is 0. The number of benzene rings is 2. The number of rotatable bonds is 8. The summed E-state index contributed by atoms with van der Waals surface area (Å²) in [5.41, 5.74) is 6.33. The van der Waals surface area contributed by atoms with Gasteiger partial charge in [-0.05, 0) is 83.5 Å². The highest BCUT2D eigenvalue weighted by Crippen LogP contribution is 2.25. The van der Waals surface area contributed by atoms with Crippen molar-refractivity contribution in [3.8, 4) is 11.5 Å². The molecule has 0 radical (unpaired) electrons. The van der Waals surface area contributed by atoms with Gasteiger partial charge in [0.1, 0.15) is 11.5 Å². The quantitative estimate of drug-likeness (QED) is 0.295. The number of hydrogen-bond acceptors (Lipinski definition) is 5. The van der Waals surface area contributed by atoms with Gasteiger partial charge < -0.3 is 9.47 Å². The highest BCUT2D eigenvalue weighted by Gasteiger charge is 2.10. The Kier molecular flexibility index (Phi) is 9.56. The number of hydrazine groups is 1. The average Bonchev–Trinajstić information content (AvgIpc) is 2.72. The molecular weight excluding hydrogens is 470 g/mol. The molecule has 0 heterocycles. The predicted molar refractivity (Wildman–Crippen MR) is 123 cm³/mol. The number of ether oxygens (including phenoxy) is 2. The zero-order chi connectivity index (χ0) is 21.9. The van der Waals surface area contributed by atoms with E-state index < -0.39 is 11.8 Å². The van der Waals surface area contributed by atoms with E-state index in [-0.39, 0.29) is 11.7 Å². The van der Waals surface area contributed by atoms with Crippen LogP contribution in [0.5, 0.6) is 11.5 Å². The smallest absolute Gasteiger partial charge is 0.276 e. The van der Waals surface area contributed by atoms with Gasteiger partial charge >= 0.3 is 0 Å². The van der Waals surface area contributed by atoms with E-state index >= 15 is 0 Å². The van der Waals surface area contributed by atoms with Gasteiger partial charge in [-0.3, -0.25) is 25.8 Å². The molecule has 0 saturated carbocycles. The minimum atomic E-state index is -0.451. The second kappa shape index (κ2) is 12.1. The lowest BCUT2D eigenvalue weighted by Gasteiger charge is -2.12. The summed E-state index contributed by atoms with van der Waals surface area (Å²) in [4.78, 5) is 24.1. The van der Waals surface area contributed by atoms with Crippen molar-refractivity contribution in [1.82, 2.24) is 16.2 Å². The molecule has 0 fully saturated rings. The normalized spacial score (nSPS) is 10.1. The van der Waals surface area contributed by atoms with Crippen molar-refractivity contribution in [2.45, 2.75) is 26.7 Å². The Morgan fingerprint density at radius 2 is 1.80 bits per heavy atom. The lowest BCUT2D eigenvalue weighted by atomic mass is 10.2. The van der Waals surface area contributed by atoms with Crippen molar-refractivity contribution < 1.29 is 19.1 Å². The summed E-state index contributed by atoms with van der Waals surface area (Å²) >= 11 is 8.41. The van der Waals surface area contributed by atoms with Crippen LogP contribution in [0.2, 0.25) is 0 Å². The van der Waals surface area contributed by atoms with Gasteiger partial charge in [-0.15, -0.1) is 0 Å². The van der Waals surface area contributed by atoms with Crippen LogP contribution in [0.3, 0.4) is 0 Å². The number of unbranched alkanes of at least 4 members (excludes halogenated alkanes) is 1. The standard InChI is InChI=1S/C21H24BrN3O4S/c1-3-4-11-28-16-8-6-15(7-9-16)20(27)23-21(30)25-24-19(26)13-29-18-10-5-14(2)12-17(18)22/h5-10,12H,3-4,11,13H2,1-2H3,(H,24,26)(H2,23,25,27,30). The lowest BCUT2D eigenvalue weighted by molar-refractivity contribution is -0.123. The van der Waals surface area contributed by atoms with Gasteiger partial charge in [0.15, 0.2) is 11.7 Å². The van der Waals surface area contributed by atoms with Crippen molar-refractivity contribution in [2.75, 3.05) is 13.2 Å². The largest absolute Gasteiger partial charge is 0.494 e. The number of carbonyl (C=O) groups is 2. The number of thiocarbonyl (C=S) groups is 1. The summed E-state index contributed by atoms with van der Waals surface area (Å²) in [5, 5.41) is 2.46.